The maximum Gasteiger partial charge on any atom is 0.306 e. The fourth-order valence-electron chi connectivity index (χ4n) is 1.13. The first-order chi connectivity index (χ1) is 9.75. The number of rotatable bonds is 1. The van der Waals surface area contributed by atoms with E-state index in [9.17, 15) is 27.7 Å². The van der Waals surface area contributed by atoms with Crippen molar-refractivity contribution >= 4 is 50.9 Å². The molecule has 0 bridgehead atoms. The molecule has 0 aliphatic heterocycles. The zero-order chi connectivity index (χ0) is 16.2. The van der Waals surface area contributed by atoms with Gasteiger partial charge in [0, 0.05) is 6.07 Å². The van der Waals surface area contributed by atoms with Gasteiger partial charge in [-0.1, -0.05) is 6.07 Å². The Morgan fingerprint density at radius 3 is 1.76 bits per heavy atom. The molecule has 0 aliphatic rings. The average molecular weight is 525 g/mol. The predicted molar refractivity (Wildman–Crippen MR) is 84.8 cm³/mol. The first-order valence-corrected chi connectivity index (χ1v) is 7.28. The smallest absolute Gasteiger partial charge is 0.258 e. The van der Waals surface area contributed by atoms with Crippen LogP contribution in [0.15, 0.2) is 30.3 Å². The molecule has 0 unspecified atom stereocenters. The van der Waals surface area contributed by atoms with Crippen molar-refractivity contribution in [3.8, 4) is 0 Å². The average Bonchev–Trinajstić information content (AvgIpc) is 2.42. The molecule has 0 aliphatic carbocycles. The fraction of sp³-hybridized carbons (Fsp3) is 0. The summed E-state index contributed by atoms with van der Waals surface area (Å²) in [7, 11) is 0. The van der Waals surface area contributed by atoms with Gasteiger partial charge in [0.15, 0.2) is 0 Å². The molecule has 0 amide bonds. The zero-order valence-corrected chi connectivity index (χ0v) is 14.2. The van der Waals surface area contributed by atoms with Crippen LogP contribution in [0.2, 0.25) is 0 Å². The Balaban J connectivity index is 0.000000219. The minimum atomic E-state index is -1.12. The lowest BCUT2D eigenvalue weighted by Gasteiger charge is -1.96. The van der Waals surface area contributed by atoms with Crippen LogP contribution in [0.1, 0.15) is 0 Å². The maximum absolute atomic E-state index is 12.8. The first kappa shape index (κ1) is 18.1. The molecule has 0 fully saturated rings. The van der Waals surface area contributed by atoms with E-state index in [-0.39, 0.29) is 7.14 Å². The minimum absolute atomic E-state index is 0.0510. The second-order valence-electron chi connectivity index (χ2n) is 3.49. The third-order valence-electron chi connectivity index (χ3n) is 2.12. The summed E-state index contributed by atoms with van der Waals surface area (Å²) in [5.41, 5.74) is -0.708. The first-order valence-electron chi connectivity index (χ1n) is 5.13. The number of benzene rings is 2. The largest absolute Gasteiger partial charge is 0.306 e. The molecular formula is C12H5F4I2NO2. The normalized spacial score (nSPS) is 9.81. The quantitative estimate of drug-likeness (QED) is 0.172. The van der Waals surface area contributed by atoms with Crippen LogP contribution < -0.4 is 0 Å². The lowest BCUT2D eigenvalue weighted by molar-refractivity contribution is -0.387. The van der Waals surface area contributed by atoms with Gasteiger partial charge in [0.1, 0.15) is 17.5 Å². The SMILES string of the molecule is Fc1cccc(F)c1I.O=[N+]([O-])c1ccc(F)c(I)c1F. The van der Waals surface area contributed by atoms with Gasteiger partial charge >= 0.3 is 5.69 Å². The molecular weight excluding hydrogens is 520 g/mol. The number of nitro benzene ring substituents is 1. The maximum atomic E-state index is 12.8. The highest BCUT2D eigenvalue weighted by atomic mass is 127. The van der Waals surface area contributed by atoms with Crippen molar-refractivity contribution in [2.45, 2.75) is 0 Å². The topological polar surface area (TPSA) is 43.1 Å². The van der Waals surface area contributed by atoms with E-state index in [0.29, 0.717) is 0 Å². The van der Waals surface area contributed by atoms with E-state index in [1.807, 2.05) is 0 Å². The molecule has 112 valence electrons. The second kappa shape index (κ2) is 7.87. The molecule has 0 heterocycles. The van der Waals surface area contributed by atoms with Gasteiger partial charge in [-0.3, -0.25) is 10.1 Å². The van der Waals surface area contributed by atoms with E-state index in [4.69, 9.17) is 0 Å². The minimum Gasteiger partial charge on any atom is -0.258 e. The van der Waals surface area contributed by atoms with Crippen LogP contribution in [-0.2, 0) is 0 Å². The van der Waals surface area contributed by atoms with Crippen molar-refractivity contribution in [1.82, 2.24) is 0 Å². The molecule has 2 aromatic carbocycles. The zero-order valence-electron chi connectivity index (χ0n) is 9.92. The molecule has 0 atom stereocenters. The molecule has 0 aromatic heterocycles. The van der Waals surface area contributed by atoms with Crippen LogP contribution in [0, 0.1) is 40.5 Å². The van der Waals surface area contributed by atoms with Gasteiger partial charge in [-0.2, -0.15) is 4.39 Å². The van der Waals surface area contributed by atoms with Gasteiger partial charge in [0.2, 0.25) is 5.82 Å². The molecule has 3 nitrogen and oxygen atoms in total. The summed E-state index contributed by atoms with van der Waals surface area (Å²) in [4.78, 5) is 9.23. The highest BCUT2D eigenvalue weighted by molar-refractivity contribution is 14.1. The third kappa shape index (κ3) is 4.76. The summed E-state index contributed by atoms with van der Waals surface area (Å²) in [6, 6.07) is 5.46. The lowest BCUT2D eigenvalue weighted by Crippen LogP contribution is -1.96. The Bertz CT molecular complexity index is 662. The fourth-order valence-corrected chi connectivity index (χ4v) is 1.95. The van der Waals surface area contributed by atoms with Crippen molar-refractivity contribution in [2.75, 3.05) is 0 Å². The summed E-state index contributed by atoms with van der Waals surface area (Å²) in [6.07, 6.45) is 0. The molecule has 0 N–H and O–H groups in total. The van der Waals surface area contributed by atoms with Gasteiger partial charge in [-0.05, 0) is 63.4 Å². The van der Waals surface area contributed by atoms with Crippen molar-refractivity contribution in [3.05, 3.63) is 70.9 Å². The monoisotopic (exact) mass is 525 g/mol. The van der Waals surface area contributed by atoms with Crippen LogP contribution in [0.3, 0.4) is 0 Å². The number of nitrogens with zero attached hydrogens (tertiary/aromatic N) is 1. The molecule has 0 saturated carbocycles. The number of hydrogen-bond acceptors (Lipinski definition) is 2. The van der Waals surface area contributed by atoms with Gasteiger partial charge < -0.3 is 0 Å². The summed E-state index contributed by atoms with van der Waals surface area (Å²) >= 11 is 2.99. The molecule has 0 radical (unpaired) electrons. The molecule has 2 aromatic rings. The van der Waals surface area contributed by atoms with Crippen LogP contribution in [0.25, 0.3) is 0 Å². The van der Waals surface area contributed by atoms with Crippen LogP contribution in [0.4, 0.5) is 23.2 Å². The summed E-state index contributed by atoms with van der Waals surface area (Å²) < 4.78 is 49.7. The van der Waals surface area contributed by atoms with Crippen molar-refractivity contribution in [1.29, 1.82) is 0 Å². The van der Waals surface area contributed by atoms with Crippen LogP contribution in [0.5, 0.6) is 0 Å². The van der Waals surface area contributed by atoms with Crippen LogP contribution >= 0.6 is 45.2 Å². The Kier molecular flexibility index (Phi) is 6.77. The Morgan fingerprint density at radius 1 is 0.857 bits per heavy atom. The van der Waals surface area contributed by atoms with E-state index in [0.717, 1.165) is 12.1 Å². The molecule has 21 heavy (non-hydrogen) atoms. The lowest BCUT2D eigenvalue weighted by atomic mass is 10.3. The third-order valence-corrected chi connectivity index (χ3v) is 4.14. The Hall–Kier alpha value is -0.980. The van der Waals surface area contributed by atoms with E-state index in [1.165, 1.54) is 40.8 Å². The van der Waals surface area contributed by atoms with Crippen molar-refractivity contribution in [3.63, 3.8) is 0 Å². The van der Waals surface area contributed by atoms with Crippen molar-refractivity contribution < 1.29 is 22.5 Å². The van der Waals surface area contributed by atoms with Crippen LogP contribution in [-0.4, -0.2) is 4.92 Å². The number of hydrogen-bond donors (Lipinski definition) is 0. The molecule has 2 rings (SSSR count). The Morgan fingerprint density at radius 2 is 1.33 bits per heavy atom. The van der Waals surface area contributed by atoms with E-state index in [1.54, 1.807) is 22.6 Å². The molecule has 0 saturated heterocycles. The molecule has 9 heteroatoms. The predicted octanol–water partition coefficient (Wildman–Crippen LogP) is 5.05. The number of halogens is 6. The molecule has 0 spiro atoms. The van der Waals surface area contributed by atoms with Gasteiger partial charge in [0.25, 0.3) is 0 Å². The Labute approximate surface area is 143 Å². The van der Waals surface area contributed by atoms with E-state index >= 15 is 0 Å². The summed E-state index contributed by atoms with van der Waals surface area (Å²) in [5.74, 6) is -2.93. The van der Waals surface area contributed by atoms with E-state index < -0.39 is 33.9 Å². The number of nitro groups is 1. The second-order valence-corrected chi connectivity index (χ2v) is 5.64. The highest BCUT2D eigenvalue weighted by Crippen LogP contribution is 2.23. The van der Waals surface area contributed by atoms with Crippen molar-refractivity contribution in [2.24, 2.45) is 0 Å². The van der Waals surface area contributed by atoms with Gasteiger partial charge in [-0.15, -0.1) is 0 Å². The van der Waals surface area contributed by atoms with Gasteiger partial charge in [-0.25, -0.2) is 13.2 Å². The summed E-state index contributed by atoms with van der Waals surface area (Å²) in [5, 5.41) is 10.1. The van der Waals surface area contributed by atoms with E-state index in [2.05, 4.69) is 0 Å². The van der Waals surface area contributed by atoms with Gasteiger partial charge in [0.05, 0.1) is 12.1 Å². The highest BCUT2D eigenvalue weighted by Gasteiger charge is 2.19. The standard InChI is InChI=1S/C6H2F2INO2.C6H3F2I/c7-3-1-2-4(10(11)12)5(8)6(3)9;7-4-2-1-3-5(8)6(4)9/h1-2H;1-3H. The summed E-state index contributed by atoms with van der Waals surface area (Å²) in [6.45, 7) is 0.